The molecule has 0 heterocycles. The first-order valence-electron chi connectivity index (χ1n) is 17.3. The highest BCUT2D eigenvalue weighted by Gasteiger charge is 2.14. The summed E-state index contributed by atoms with van der Waals surface area (Å²) in [5.74, 6) is 2.28. The standard InChI is InChI=1S/C15H22.C10H18.C9H16.C4H8.2C2H6/c1-5-14(11-13(4)12(2)3)15-9-7-6-8-10-15;1-9(2)8-10-6-4-3-5-7-10;1-5-6-7-9(4)8(2)3;1-3-4-2;2*1-2/h6-10,13-14H,2,5,11H2,1,3-4H3;10H,1,3-8H2,2H3;2,4-7H2,1,3H3;3H,1,4H2,2H3;2*1-2H3. The molecule has 0 radical (unpaired) electrons. The highest BCUT2D eigenvalue weighted by Crippen LogP contribution is 2.29. The van der Waals surface area contributed by atoms with Crippen LogP contribution < -0.4 is 0 Å². The van der Waals surface area contributed by atoms with E-state index in [2.05, 4.69) is 105 Å². The van der Waals surface area contributed by atoms with Crippen molar-refractivity contribution in [3.63, 3.8) is 0 Å². The van der Waals surface area contributed by atoms with E-state index >= 15 is 0 Å². The van der Waals surface area contributed by atoms with E-state index < -0.39 is 0 Å². The summed E-state index contributed by atoms with van der Waals surface area (Å²) in [6.07, 6.45) is 17.5. The van der Waals surface area contributed by atoms with Gasteiger partial charge in [0.1, 0.15) is 0 Å². The van der Waals surface area contributed by atoms with Crippen LogP contribution in [0.25, 0.3) is 0 Å². The Morgan fingerprint density at radius 2 is 1.36 bits per heavy atom. The van der Waals surface area contributed by atoms with Crippen LogP contribution in [-0.2, 0) is 0 Å². The molecule has 1 aromatic rings. The summed E-state index contributed by atoms with van der Waals surface area (Å²) in [6.45, 7) is 42.2. The fourth-order valence-electron chi connectivity index (χ4n) is 4.38. The number of hydrogen-bond donors (Lipinski definition) is 0. The van der Waals surface area contributed by atoms with Gasteiger partial charge in [-0.1, -0.05) is 172 Å². The lowest BCUT2D eigenvalue weighted by Crippen LogP contribution is -2.05. The lowest BCUT2D eigenvalue weighted by molar-refractivity contribution is 0.356. The molecule has 244 valence electrons. The van der Waals surface area contributed by atoms with Gasteiger partial charge in [0.2, 0.25) is 0 Å². The van der Waals surface area contributed by atoms with Gasteiger partial charge in [-0.15, -0.1) is 13.2 Å². The van der Waals surface area contributed by atoms with Crippen LogP contribution in [0.3, 0.4) is 0 Å². The molecule has 42 heavy (non-hydrogen) atoms. The molecule has 0 nitrogen and oxygen atoms in total. The third-order valence-electron chi connectivity index (χ3n) is 7.33. The van der Waals surface area contributed by atoms with Gasteiger partial charge in [-0.05, 0) is 82.6 Å². The average Bonchev–Trinajstić information content (AvgIpc) is 3.01. The summed E-state index contributed by atoms with van der Waals surface area (Å²) in [6, 6.07) is 10.8. The molecule has 1 aromatic carbocycles. The second-order valence-electron chi connectivity index (χ2n) is 11.3. The van der Waals surface area contributed by atoms with Crippen molar-refractivity contribution in [2.45, 2.75) is 159 Å². The first kappa shape index (κ1) is 46.9. The van der Waals surface area contributed by atoms with Crippen molar-refractivity contribution >= 4 is 0 Å². The number of hydrogen-bond acceptors (Lipinski definition) is 0. The molecule has 0 aliphatic heterocycles. The van der Waals surface area contributed by atoms with Gasteiger partial charge < -0.3 is 0 Å². The second kappa shape index (κ2) is 35.1. The molecule has 0 amide bonds. The summed E-state index contributed by atoms with van der Waals surface area (Å²) in [5, 5.41) is 0. The van der Waals surface area contributed by atoms with Crippen molar-refractivity contribution in [2.24, 2.45) is 11.8 Å². The first-order valence-corrected chi connectivity index (χ1v) is 17.3. The molecule has 2 rings (SSSR count). The molecule has 0 N–H and O–H groups in total. The Hall–Kier alpha value is -2.08. The van der Waals surface area contributed by atoms with E-state index in [0.29, 0.717) is 11.8 Å². The van der Waals surface area contributed by atoms with E-state index in [1.54, 1.807) is 0 Å². The molecule has 2 unspecified atom stereocenters. The third kappa shape index (κ3) is 30.9. The Labute approximate surface area is 267 Å². The monoisotopic (exact) mass is 581 g/mol. The molecule has 1 fully saturated rings. The molecular weight excluding hydrogens is 504 g/mol. The Balaban J connectivity index is -0.000000235. The van der Waals surface area contributed by atoms with Gasteiger partial charge in [-0.3, -0.25) is 0 Å². The maximum atomic E-state index is 4.04. The minimum atomic E-state index is 0.621. The molecule has 0 aromatic heterocycles. The Bertz CT molecular complexity index is 756. The van der Waals surface area contributed by atoms with Crippen molar-refractivity contribution in [1.29, 1.82) is 0 Å². The molecule has 2 atom stereocenters. The van der Waals surface area contributed by atoms with E-state index in [-0.39, 0.29) is 0 Å². The van der Waals surface area contributed by atoms with E-state index in [1.807, 2.05) is 40.7 Å². The maximum absolute atomic E-state index is 4.04. The van der Waals surface area contributed by atoms with Crippen molar-refractivity contribution in [3.05, 3.63) is 97.2 Å². The predicted molar refractivity (Wildman–Crippen MR) is 201 cm³/mol. The Morgan fingerprint density at radius 3 is 1.71 bits per heavy atom. The Morgan fingerprint density at radius 1 is 0.857 bits per heavy atom. The number of benzene rings is 1. The van der Waals surface area contributed by atoms with E-state index in [1.165, 1.54) is 86.5 Å². The minimum absolute atomic E-state index is 0.621. The highest BCUT2D eigenvalue weighted by molar-refractivity contribution is 5.22. The number of rotatable bonds is 12. The second-order valence-corrected chi connectivity index (χ2v) is 11.3. The lowest BCUT2D eigenvalue weighted by atomic mass is 9.85. The van der Waals surface area contributed by atoms with Crippen LogP contribution in [0.2, 0.25) is 0 Å². The largest absolute Gasteiger partial charge is 0.103 e. The normalized spacial score (nSPS) is 13.0. The fraction of sp³-hybridized carbons (Fsp3) is 0.619. The summed E-state index contributed by atoms with van der Waals surface area (Å²) < 4.78 is 0. The van der Waals surface area contributed by atoms with Crippen LogP contribution in [0.4, 0.5) is 0 Å². The average molecular weight is 581 g/mol. The minimum Gasteiger partial charge on any atom is -0.103 e. The smallest absolute Gasteiger partial charge is 0.0159 e. The van der Waals surface area contributed by atoms with E-state index in [9.17, 15) is 0 Å². The van der Waals surface area contributed by atoms with E-state index in [4.69, 9.17) is 0 Å². The quantitative estimate of drug-likeness (QED) is 0.170. The van der Waals surface area contributed by atoms with Crippen molar-refractivity contribution in [1.82, 2.24) is 0 Å². The molecule has 0 heteroatoms. The zero-order chi connectivity index (χ0) is 33.3. The van der Waals surface area contributed by atoms with Gasteiger partial charge in [0.05, 0.1) is 0 Å². The molecule has 0 bridgehead atoms. The van der Waals surface area contributed by atoms with Crippen LogP contribution in [-0.4, -0.2) is 0 Å². The summed E-state index contributed by atoms with van der Waals surface area (Å²) in [7, 11) is 0. The maximum Gasteiger partial charge on any atom is -0.0159 e. The van der Waals surface area contributed by atoms with Crippen molar-refractivity contribution in [2.75, 3.05) is 0 Å². The zero-order valence-corrected chi connectivity index (χ0v) is 30.7. The molecule has 1 aliphatic rings. The first-order chi connectivity index (χ1) is 20.0. The molecule has 1 saturated carbocycles. The van der Waals surface area contributed by atoms with Crippen LogP contribution >= 0.6 is 0 Å². The van der Waals surface area contributed by atoms with Crippen LogP contribution in [0.5, 0.6) is 0 Å². The SMILES string of the molecule is C=C(C)C(=C)CCCC.C=C(C)C(C)CC(CC)c1ccccc1.C=C(C)CC1CCCCC1.C=CCC.CC.CC. The van der Waals surface area contributed by atoms with Gasteiger partial charge in [-0.2, -0.15) is 0 Å². The Kier molecular flexibility index (Phi) is 39.2. The molecule has 0 saturated heterocycles. The fourth-order valence-corrected chi connectivity index (χ4v) is 4.38. The number of allylic oxidation sites excluding steroid dienone is 5. The van der Waals surface area contributed by atoms with Crippen LogP contribution in [0.15, 0.2) is 91.6 Å². The third-order valence-corrected chi connectivity index (χ3v) is 7.33. The number of unbranched alkanes of at least 4 members (excludes halogenated alkanes) is 1. The van der Waals surface area contributed by atoms with Crippen molar-refractivity contribution in [3.8, 4) is 0 Å². The van der Waals surface area contributed by atoms with E-state index in [0.717, 1.165) is 24.3 Å². The predicted octanol–water partition coefficient (Wildman–Crippen LogP) is 15.3. The van der Waals surface area contributed by atoms with Gasteiger partial charge in [0.25, 0.3) is 0 Å². The van der Waals surface area contributed by atoms with Crippen LogP contribution in [0, 0.1) is 11.8 Å². The highest BCUT2D eigenvalue weighted by atomic mass is 14.2. The summed E-state index contributed by atoms with van der Waals surface area (Å²) in [4.78, 5) is 0. The van der Waals surface area contributed by atoms with Crippen molar-refractivity contribution < 1.29 is 0 Å². The van der Waals surface area contributed by atoms with Gasteiger partial charge in [0, 0.05) is 0 Å². The van der Waals surface area contributed by atoms with Gasteiger partial charge in [0.15, 0.2) is 0 Å². The molecule has 1 aliphatic carbocycles. The van der Waals surface area contributed by atoms with Gasteiger partial charge >= 0.3 is 0 Å². The lowest BCUT2D eigenvalue weighted by Gasteiger charge is -2.21. The summed E-state index contributed by atoms with van der Waals surface area (Å²) >= 11 is 0. The zero-order valence-electron chi connectivity index (χ0n) is 30.7. The molecular formula is C42H76. The topological polar surface area (TPSA) is 0 Å². The van der Waals surface area contributed by atoms with Crippen LogP contribution in [0.1, 0.15) is 165 Å². The summed E-state index contributed by atoms with van der Waals surface area (Å²) in [5.41, 5.74) is 6.46. The van der Waals surface area contributed by atoms with Gasteiger partial charge in [-0.25, -0.2) is 0 Å². The molecule has 0 spiro atoms.